The summed E-state index contributed by atoms with van der Waals surface area (Å²) in [6.45, 7) is 6.73. The summed E-state index contributed by atoms with van der Waals surface area (Å²) in [5.41, 5.74) is 0.165. The molecule has 1 aromatic heterocycles. The highest BCUT2D eigenvalue weighted by molar-refractivity contribution is 5.56. The number of benzene rings is 1. The Morgan fingerprint density at radius 2 is 2.17 bits per heavy atom. The summed E-state index contributed by atoms with van der Waals surface area (Å²) in [4.78, 5) is 6.53. The average molecular weight is 334 g/mol. The van der Waals surface area contributed by atoms with E-state index in [4.69, 9.17) is 13.9 Å². The Bertz CT molecular complexity index is 686. The van der Waals surface area contributed by atoms with Crippen molar-refractivity contribution < 1.29 is 18.3 Å². The molecule has 0 radical (unpaired) electrons. The molecule has 3 rings (SSSR count). The van der Waals surface area contributed by atoms with Gasteiger partial charge < -0.3 is 13.9 Å². The second kappa shape index (κ2) is 7.01. The van der Waals surface area contributed by atoms with Crippen molar-refractivity contribution in [3.63, 3.8) is 0 Å². The minimum atomic E-state index is -0.312. The van der Waals surface area contributed by atoms with Crippen LogP contribution in [-0.4, -0.2) is 48.4 Å². The summed E-state index contributed by atoms with van der Waals surface area (Å²) >= 11 is 0. The van der Waals surface area contributed by atoms with Crippen LogP contribution in [0.5, 0.6) is 0 Å². The monoisotopic (exact) mass is 334 g/mol. The Morgan fingerprint density at radius 1 is 1.38 bits per heavy atom. The van der Waals surface area contributed by atoms with E-state index < -0.39 is 0 Å². The maximum Gasteiger partial charge on any atom is 0.209 e. The van der Waals surface area contributed by atoms with Gasteiger partial charge in [0.05, 0.1) is 36.6 Å². The number of hydrogen-bond acceptors (Lipinski definition) is 5. The van der Waals surface area contributed by atoms with Crippen LogP contribution in [0.15, 0.2) is 34.9 Å². The largest absolute Gasteiger partial charge is 0.439 e. The van der Waals surface area contributed by atoms with E-state index in [-0.39, 0.29) is 17.5 Å². The number of morpholine rings is 1. The van der Waals surface area contributed by atoms with Crippen LogP contribution in [0.4, 0.5) is 4.39 Å². The Kier molecular flexibility index (Phi) is 4.99. The van der Waals surface area contributed by atoms with Crippen LogP contribution in [0, 0.1) is 5.82 Å². The first-order valence-corrected chi connectivity index (χ1v) is 8.05. The number of hydrogen-bond donors (Lipinski definition) is 0. The van der Waals surface area contributed by atoms with Crippen molar-refractivity contribution in [2.45, 2.75) is 32.1 Å². The van der Waals surface area contributed by atoms with Gasteiger partial charge in [-0.1, -0.05) is 12.1 Å². The quantitative estimate of drug-likeness (QED) is 0.841. The van der Waals surface area contributed by atoms with E-state index in [1.807, 2.05) is 0 Å². The molecule has 1 aliphatic heterocycles. The van der Waals surface area contributed by atoms with E-state index in [0.29, 0.717) is 30.4 Å². The SMILES string of the molecule is COC[C@H]1CN(Cc2ncc(-c3ccccc3F)o2)CC(C)(C)O1. The van der Waals surface area contributed by atoms with Crippen molar-refractivity contribution in [2.24, 2.45) is 0 Å². The predicted molar refractivity (Wildman–Crippen MR) is 88.0 cm³/mol. The lowest BCUT2D eigenvalue weighted by Gasteiger charge is -2.42. The second-order valence-corrected chi connectivity index (χ2v) is 6.72. The summed E-state index contributed by atoms with van der Waals surface area (Å²) in [5.74, 6) is 0.707. The zero-order valence-electron chi connectivity index (χ0n) is 14.3. The van der Waals surface area contributed by atoms with Crippen molar-refractivity contribution in [3.8, 4) is 11.3 Å². The first kappa shape index (κ1) is 17.1. The molecule has 2 aromatic rings. The molecule has 6 heteroatoms. The van der Waals surface area contributed by atoms with E-state index in [0.717, 1.165) is 13.1 Å². The summed E-state index contributed by atoms with van der Waals surface area (Å²) in [6, 6.07) is 6.53. The molecule has 0 unspecified atom stereocenters. The molecule has 0 aliphatic carbocycles. The van der Waals surface area contributed by atoms with Gasteiger partial charge in [-0.25, -0.2) is 9.37 Å². The topological polar surface area (TPSA) is 47.7 Å². The lowest BCUT2D eigenvalue weighted by atomic mass is 10.1. The third kappa shape index (κ3) is 4.01. The normalized spacial score (nSPS) is 21.1. The molecule has 130 valence electrons. The molecule has 0 N–H and O–H groups in total. The molecule has 0 bridgehead atoms. The standard InChI is InChI=1S/C18H23FN2O3/c1-18(2)12-21(9-13(24-18)11-22-3)10-17-20-8-16(23-17)14-6-4-5-7-15(14)19/h4-8,13H,9-12H2,1-3H3/t13-/m1/s1. The molecular weight excluding hydrogens is 311 g/mol. The lowest BCUT2D eigenvalue weighted by molar-refractivity contribution is -0.155. The van der Waals surface area contributed by atoms with Crippen molar-refractivity contribution in [1.29, 1.82) is 0 Å². The Balaban J connectivity index is 1.71. The molecule has 24 heavy (non-hydrogen) atoms. The predicted octanol–water partition coefficient (Wildman–Crippen LogP) is 3.11. The van der Waals surface area contributed by atoms with Gasteiger partial charge in [0.15, 0.2) is 5.76 Å². The summed E-state index contributed by atoms with van der Waals surface area (Å²) in [6.07, 6.45) is 1.59. The van der Waals surface area contributed by atoms with Gasteiger partial charge >= 0.3 is 0 Å². The minimum Gasteiger partial charge on any atom is -0.439 e. The van der Waals surface area contributed by atoms with Crippen LogP contribution in [0.25, 0.3) is 11.3 Å². The van der Waals surface area contributed by atoms with Gasteiger partial charge in [0.2, 0.25) is 5.89 Å². The van der Waals surface area contributed by atoms with Crippen LogP contribution in [-0.2, 0) is 16.0 Å². The number of rotatable bonds is 5. The summed E-state index contributed by atoms with van der Waals surface area (Å²) < 4.78 is 30.8. The highest BCUT2D eigenvalue weighted by Gasteiger charge is 2.33. The van der Waals surface area contributed by atoms with Crippen molar-refractivity contribution in [3.05, 3.63) is 42.2 Å². The fourth-order valence-corrected chi connectivity index (χ4v) is 3.17. The molecule has 1 fully saturated rings. The molecule has 1 aromatic carbocycles. The molecule has 1 atom stereocenters. The Labute approximate surface area is 141 Å². The summed E-state index contributed by atoms with van der Waals surface area (Å²) in [5, 5.41) is 0. The minimum absolute atomic E-state index is 0.0137. The van der Waals surface area contributed by atoms with E-state index in [1.54, 1.807) is 31.5 Å². The first-order chi connectivity index (χ1) is 11.5. The number of aromatic nitrogens is 1. The maximum atomic E-state index is 13.9. The van der Waals surface area contributed by atoms with Gasteiger partial charge in [-0.2, -0.15) is 0 Å². The van der Waals surface area contributed by atoms with Crippen LogP contribution >= 0.6 is 0 Å². The van der Waals surface area contributed by atoms with Gasteiger partial charge in [-0.15, -0.1) is 0 Å². The highest BCUT2D eigenvalue weighted by Crippen LogP contribution is 2.26. The molecule has 0 saturated carbocycles. The lowest BCUT2D eigenvalue weighted by Crippen LogP contribution is -2.53. The molecule has 1 saturated heterocycles. The Hall–Kier alpha value is -1.76. The number of nitrogens with zero attached hydrogens (tertiary/aromatic N) is 2. The third-order valence-electron chi connectivity index (χ3n) is 3.96. The fourth-order valence-electron chi connectivity index (χ4n) is 3.17. The first-order valence-electron chi connectivity index (χ1n) is 8.05. The molecule has 0 spiro atoms. The van der Waals surface area contributed by atoms with Gasteiger partial charge in [0.1, 0.15) is 5.82 Å². The molecular formula is C18H23FN2O3. The maximum absolute atomic E-state index is 13.9. The van der Waals surface area contributed by atoms with Crippen LogP contribution in [0.1, 0.15) is 19.7 Å². The van der Waals surface area contributed by atoms with E-state index in [9.17, 15) is 4.39 Å². The average Bonchev–Trinajstić information content (AvgIpc) is 2.94. The number of methoxy groups -OCH3 is 1. The Morgan fingerprint density at radius 3 is 2.92 bits per heavy atom. The van der Waals surface area contributed by atoms with Crippen LogP contribution in [0.3, 0.4) is 0 Å². The van der Waals surface area contributed by atoms with Crippen molar-refractivity contribution in [2.75, 3.05) is 26.8 Å². The number of ether oxygens (including phenoxy) is 2. The zero-order valence-corrected chi connectivity index (χ0v) is 14.3. The van der Waals surface area contributed by atoms with Gasteiger partial charge in [0.25, 0.3) is 0 Å². The second-order valence-electron chi connectivity index (χ2n) is 6.72. The van der Waals surface area contributed by atoms with Gasteiger partial charge in [0, 0.05) is 20.2 Å². The van der Waals surface area contributed by atoms with E-state index in [2.05, 4.69) is 23.7 Å². The fraction of sp³-hybridized carbons (Fsp3) is 0.500. The van der Waals surface area contributed by atoms with Gasteiger partial charge in [-0.3, -0.25) is 4.90 Å². The van der Waals surface area contributed by atoms with E-state index in [1.165, 1.54) is 6.07 Å². The van der Waals surface area contributed by atoms with E-state index >= 15 is 0 Å². The van der Waals surface area contributed by atoms with Gasteiger partial charge in [-0.05, 0) is 26.0 Å². The van der Waals surface area contributed by atoms with Crippen LogP contribution in [0.2, 0.25) is 0 Å². The number of halogens is 1. The summed E-state index contributed by atoms with van der Waals surface area (Å²) in [7, 11) is 1.67. The number of oxazole rings is 1. The molecule has 5 nitrogen and oxygen atoms in total. The highest BCUT2D eigenvalue weighted by atomic mass is 19.1. The zero-order chi connectivity index (χ0) is 17.2. The van der Waals surface area contributed by atoms with Crippen LogP contribution < -0.4 is 0 Å². The molecule has 0 amide bonds. The smallest absolute Gasteiger partial charge is 0.209 e. The molecule has 1 aliphatic rings. The van der Waals surface area contributed by atoms with Crippen molar-refractivity contribution >= 4 is 0 Å². The van der Waals surface area contributed by atoms with Crippen molar-refractivity contribution in [1.82, 2.24) is 9.88 Å². The third-order valence-corrected chi connectivity index (χ3v) is 3.96. The molecule has 2 heterocycles.